The van der Waals surface area contributed by atoms with Gasteiger partial charge in [-0.15, -0.1) is 0 Å². The SMILES string of the molecule is CCCCC[C@H]1CO[C@H](c2ccc(-c3ccc(CC)cc3)cc2)CO1. The van der Waals surface area contributed by atoms with Crippen LogP contribution in [0.2, 0.25) is 0 Å². The Bertz CT molecular complexity index is 622. The van der Waals surface area contributed by atoms with Crippen LogP contribution in [-0.2, 0) is 15.9 Å². The first kappa shape index (κ1) is 18.2. The lowest BCUT2D eigenvalue weighted by molar-refractivity contribution is -0.137. The number of hydrogen-bond donors (Lipinski definition) is 0. The van der Waals surface area contributed by atoms with Gasteiger partial charge in [0.05, 0.1) is 19.3 Å². The molecule has 2 heteroatoms. The Hall–Kier alpha value is -1.64. The van der Waals surface area contributed by atoms with Crippen LogP contribution in [0.5, 0.6) is 0 Å². The van der Waals surface area contributed by atoms with Gasteiger partial charge in [-0.1, -0.05) is 81.6 Å². The van der Waals surface area contributed by atoms with Crippen LogP contribution >= 0.6 is 0 Å². The molecular formula is C23H30O2. The summed E-state index contributed by atoms with van der Waals surface area (Å²) in [5, 5.41) is 0. The molecule has 0 saturated carbocycles. The van der Waals surface area contributed by atoms with E-state index in [4.69, 9.17) is 9.47 Å². The number of rotatable bonds is 7. The van der Waals surface area contributed by atoms with Crippen molar-refractivity contribution >= 4 is 0 Å². The van der Waals surface area contributed by atoms with E-state index in [1.807, 2.05) is 0 Å². The molecule has 0 N–H and O–H groups in total. The molecule has 0 amide bonds. The van der Waals surface area contributed by atoms with Crippen LogP contribution in [0.3, 0.4) is 0 Å². The predicted octanol–water partition coefficient (Wildman–Crippen LogP) is 5.95. The van der Waals surface area contributed by atoms with Crippen molar-refractivity contribution in [2.45, 2.75) is 58.2 Å². The third-order valence-corrected chi connectivity index (χ3v) is 5.07. The van der Waals surface area contributed by atoms with Gasteiger partial charge in [0.1, 0.15) is 6.10 Å². The van der Waals surface area contributed by atoms with Crippen molar-refractivity contribution < 1.29 is 9.47 Å². The number of aryl methyl sites for hydroxylation is 1. The van der Waals surface area contributed by atoms with Crippen LogP contribution in [0.25, 0.3) is 11.1 Å². The van der Waals surface area contributed by atoms with Crippen LogP contribution in [0.15, 0.2) is 48.5 Å². The molecule has 2 nitrogen and oxygen atoms in total. The quantitative estimate of drug-likeness (QED) is 0.581. The minimum atomic E-state index is 0.0685. The van der Waals surface area contributed by atoms with Gasteiger partial charge in [0.15, 0.2) is 0 Å². The summed E-state index contributed by atoms with van der Waals surface area (Å²) in [5.41, 5.74) is 5.10. The first-order valence-corrected chi connectivity index (χ1v) is 9.72. The van der Waals surface area contributed by atoms with E-state index in [9.17, 15) is 0 Å². The van der Waals surface area contributed by atoms with Crippen molar-refractivity contribution in [1.29, 1.82) is 0 Å². The zero-order valence-electron chi connectivity index (χ0n) is 15.5. The summed E-state index contributed by atoms with van der Waals surface area (Å²) in [6.07, 6.45) is 6.32. The van der Waals surface area contributed by atoms with Gasteiger partial charge < -0.3 is 9.47 Å². The van der Waals surface area contributed by atoms with E-state index in [-0.39, 0.29) is 12.2 Å². The summed E-state index contributed by atoms with van der Waals surface area (Å²) < 4.78 is 12.1. The highest BCUT2D eigenvalue weighted by Gasteiger charge is 2.23. The Labute approximate surface area is 152 Å². The Morgan fingerprint density at radius 3 is 2.04 bits per heavy atom. The lowest BCUT2D eigenvalue weighted by atomic mass is 10.00. The van der Waals surface area contributed by atoms with Gasteiger partial charge in [-0.2, -0.15) is 0 Å². The third-order valence-electron chi connectivity index (χ3n) is 5.07. The monoisotopic (exact) mass is 338 g/mol. The summed E-state index contributed by atoms with van der Waals surface area (Å²) in [4.78, 5) is 0. The standard InChI is InChI=1S/C23H30O2/c1-3-5-6-7-22-16-25-23(17-24-22)21-14-12-20(13-15-21)19-10-8-18(4-2)9-11-19/h8-15,22-23H,3-7,16-17H2,1-2H3/t22-,23-/m0/s1. The van der Waals surface area contributed by atoms with Crippen molar-refractivity contribution in [3.63, 3.8) is 0 Å². The second-order valence-corrected chi connectivity index (χ2v) is 6.95. The van der Waals surface area contributed by atoms with Crippen molar-refractivity contribution in [1.82, 2.24) is 0 Å². The average Bonchev–Trinajstić information content (AvgIpc) is 2.69. The van der Waals surface area contributed by atoms with Crippen LogP contribution in [-0.4, -0.2) is 19.3 Å². The summed E-state index contributed by atoms with van der Waals surface area (Å²) in [7, 11) is 0. The molecule has 1 aliphatic heterocycles. The molecular weight excluding hydrogens is 308 g/mol. The molecule has 0 aliphatic carbocycles. The van der Waals surface area contributed by atoms with Gasteiger partial charge in [-0.3, -0.25) is 0 Å². The highest BCUT2D eigenvalue weighted by Crippen LogP contribution is 2.27. The van der Waals surface area contributed by atoms with E-state index in [1.54, 1.807) is 0 Å². The highest BCUT2D eigenvalue weighted by atomic mass is 16.6. The van der Waals surface area contributed by atoms with E-state index >= 15 is 0 Å². The van der Waals surface area contributed by atoms with Crippen LogP contribution < -0.4 is 0 Å². The Kier molecular flexibility index (Phi) is 6.66. The minimum Gasteiger partial charge on any atom is -0.373 e. The van der Waals surface area contributed by atoms with Crippen molar-refractivity contribution in [3.8, 4) is 11.1 Å². The van der Waals surface area contributed by atoms with E-state index < -0.39 is 0 Å². The Morgan fingerprint density at radius 1 is 0.800 bits per heavy atom. The third kappa shape index (κ3) is 4.93. The molecule has 1 saturated heterocycles. The summed E-state index contributed by atoms with van der Waals surface area (Å²) in [5.74, 6) is 0. The molecule has 1 fully saturated rings. The summed E-state index contributed by atoms with van der Waals surface area (Å²) in [6.45, 7) is 5.80. The largest absolute Gasteiger partial charge is 0.373 e. The molecule has 0 bridgehead atoms. The van der Waals surface area contributed by atoms with Crippen molar-refractivity contribution in [3.05, 3.63) is 59.7 Å². The minimum absolute atomic E-state index is 0.0685. The van der Waals surface area contributed by atoms with Gasteiger partial charge in [0.25, 0.3) is 0 Å². The topological polar surface area (TPSA) is 18.5 Å². The molecule has 134 valence electrons. The molecule has 2 aromatic carbocycles. The van der Waals surface area contributed by atoms with Gasteiger partial charge in [-0.25, -0.2) is 0 Å². The van der Waals surface area contributed by atoms with E-state index in [0.29, 0.717) is 13.2 Å². The van der Waals surface area contributed by atoms with E-state index in [2.05, 4.69) is 62.4 Å². The van der Waals surface area contributed by atoms with Crippen LogP contribution in [0.4, 0.5) is 0 Å². The number of ether oxygens (including phenoxy) is 2. The molecule has 2 atom stereocenters. The predicted molar refractivity (Wildman–Crippen MR) is 104 cm³/mol. The van der Waals surface area contributed by atoms with Crippen LogP contribution in [0.1, 0.15) is 56.8 Å². The fourth-order valence-electron chi connectivity index (χ4n) is 3.35. The highest BCUT2D eigenvalue weighted by molar-refractivity contribution is 5.64. The molecule has 2 aromatic rings. The van der Waals surface area contributed by atoms with Gasteiger partial charge in [0.2, 0.25) is 0 Å². The van der Waals surface area contributed by atoms with Gasteiger partial charge in [-0.05, 0) is 35.1 Å². The molecule has 3 rings (SSSR count). The van der Waals surface area contributed by atoms with Crippen LogP contribution in [0, 0.1) is 0 Å². The summed E-state index contributed by atoms with van der Waals surface area (Å²) in [6, 6.07) is 17.5. The fourth-order valence-corrected chi connectivity index (χ4v) is 3.35. The number of benzene rings is 2. The fraction of sp³-hybridized carbons (Fsp3) is 0.478. The van der Waals surface area contributed by atoms with E-state index in [0.717, 1.165) is 12.8 Å². The molecule has 1 aliphatic rings. The molecule has 1 heterocycles. The summed E-state index contributed by atoms with van der Waals surface area (Å²) >= 11 is 0. The first-order chi connectivity index (χ1) is 12.3. The van der Waals surface area contributed by atoms with Gasteiger partial charge >= 0.3 is 0 Å². The average molecular weight is 338 g/mol. The number of hydrogen-bond acceptors (Lipinski definition) is 2. The lowest BCUT2D eigenvalue weighted by Gasteiger charge is -2.30. The normalized spacial score (nSPS) is 20.6. The maximum absolute atomic E-state index is 6.06. The lowest BCUT2D eigenvalue weighted by Crippen LogP contribution is -2.31. The zero-order valence-corrected chi connectivity index (χ0v) is 15.5. The Morgan fingerprint density at radius 2 is 1.48 bits per heavy atom. The Balaban J connectivity index is 1.56. The van der Waals surface area contributed by atoms with Gasteiger partial charge in [0, 0.05) is 0 Å². The molecule has 0 aromatic heterocycles. The zero-order chi connectivity index (χ0) is 17.5. The molecule has 0 radical (unpaired) electrons. The molecule has 0 spiro atoms. The smallest absolute Gasteiger partial charge is 0.106 e. The molecule has 0 unspecified atom stereocenters. The number of unbranched alkanes of at least 4 members (excludes halogenated alkanes) is 2. The maximum Gasteiger partial charge on any atom is 0.106 e. The van der Waals surface area contributed by atoms with E-state index in [1.165, 1.54) is 41.5 Å². The van der Waals surface area contributed by atoms with Crippen molar-refractivity contribution in [2.75, 3.05) is 13.2 Å². The first-order valence-electron chi connectivity index (χ1n) is 9.72. The maximum atomic E-state index is 6.06. The van der Waals surface area contributed by atoms with Crippen molar-refractivity contribution in [2.24, 2.45) is 0 Å². The second-order valence-electron chi connectivity index (χ2n) is 6.95. The second kappa shape index (κ2) is 9.17. The molecule has 25 heavy (non-hydrogen) atoms.